The number of anilines is 1. The fourth-order valence-corrected chi connectivity index (χ4v) is 5.77. The molecule has 3 amide bonds. The fraction of sp³-hybridized carbons (Fsp3) is 0.281. The molecule has 0 saturated carbocycles. The molecule has 41 heavy (non-hydrogen) atoms. The number of amides is 3. The number of nitrogens with one attached hydrogen (secondary N) is 2. The molecule has 8 nitrogen and oxygen atoms in total. The quantitative estimate of drug-likeness (QED) is 0.356. The van der Waals surface area contributed by atoms with Gasteiger partial charge in [-0.25, -0.2) is 9.89 Å². The monoisotopic (exact) mass is 567 g/mol. The Bertz CT molecular complexity index is 1490. The molecule has 3 aromatic rings. The van der Waals surface area contributed by atoms with Crippen LogP contribution in [0.4, 0.5) is 11.4 Å². The number of hydrogen-bond donors (Lipinski definition) is 2. The Hall–Kier alpha value is -4.24. The number of rotatable bonds is 10. The molecule has 0 aromatic heterocycles. The molecule has 0 aliphatic carbocycles. The number of carbonyl (C=O) groups excluding carboxylic acids is 3. The normalized spacial score (nSPS) is 16.3. The molecular weight excluding hydrogens is 534 g/mol. The summed E-state index contributed by atoms with van der Waals surface area (Å²) in [6.07, 6.45) is 2.11. The topological polar surface area (TPSA) is 103 Å². The third-order valence-electron chi connectivity index (χ3n) is 7.05. The van der Waals surface area contributed by atoms with E-state index in [1.807, 2.05) is 85.8 Å². The molecule has 0 radical (unpaired) electrons. The van der Waals surface area contributed by atoms with E-state index in [1.54, 1.807) is 0 Å². The van der Waals surface area contributed by atoms with Gasteiger partial charge in [0.15, 0.2) is 5.17 Å². The van der Waals surface area contributed by atoms with Crippen LogP contribution in [0.5, 0.6) is 0 Å². The van der Waals surface area contributed by atoms with Crippen LogP contribution >= 0.6 is 11.8 Å². The second-order valence-corrected chi connectivity index (χ2v) is 11.1. The van der Waals surface area contributed by atoms with Crippen LogP contribution in [0, 0.1) is 0 Å². The van der Waals surface area contributed by atoms with Gasteiger partial charge in [0.05, 0.1) is 17.4 Å². The van der Waals surface area contributed by atoms with Crippen LogP contribution in [0.25, 0.3) is 0 Å². The molecule has 9 heteroatoms. The number of carbonyl (C=O) groups is 3. The van der Waals surface area contributed by atoms with Crippen molar-refractivity contribution in [1.29, 1.82) is 0 Å². The average Bonchev–Trinajstić information content (AvgIpc) is 3.32. The molecule has 0 spiro atoms. The van der Waals surface area contributed by atoms with Crippen molar-refractivity contribution in [2.75, 3.05) is 11.9 Å². The number of benzene rings is 3. The van der Waals surface area contributed by atoms with Crippen LogP contribution in [0.2, 0.25) is 0 Å². The summed E-state index contributed by atoms with van der Waals surface area (Å²) in [5.41, 5.74) is 4.45. The first-order valence-corrected chi connectivity index (χ1v) is 14.8. The number of aliphatic imine (C=N–C) groups is 2. The highest BCUT2D eigenvalue weighted by atomic mass is 32.2. The van der Waals surface area contributed by atoms with E-state index < -0.39 is 11.3 Å². The number of aryl methyl sites for hydroxylation is 1. The number of para-hydroxylation sites is 1. The van der Waals surface area contributed by atoms with Crippen molar-refractivity contribution in [3.63, 3.8) is 0 Å². The summed E-state index contributed by atoms with van der Waals surface area (Å²) in [6.45, 7) is 4.49. The first-order chi connectivity index (χ1) is 20.0. The third kappa shape index (κ3) is 6.57. The molecule has 0 unspecified atom stereocenters. The predicted molar refractivity (Wildman–Crippen MR) is 165 cm³/mol. The van der Waals surface area contributed by atoms with E-state index in [-0.39, 0.29) is 24.1 Å². The Balaban J connectivity index is 1.29. The van der Waals surface area contributed by atoms with E-state index >= 15 is 0 Å². The molecule has 2 N–H and O–H groups in total. The number of hydrogen-bond acceptors (Lipinski definition) is 6. The minimum Gasteiger partial charge on any atom is -0.356 e. The number of nitrogens with zero attached hydrogens (tertiary/aromatic N) is 3. The highest BCUT2D eigenvalue weighted by Crippen LogP contribution is 2.35. The molecule has 3 aromatic carbocycles. The minimum atomic E-state index is -0.857. The molecule has 2 atom stereocenters. The maximum atomic E-state index is 13.6. The van der Waals surface area contributed by atoms with Crippen molar-refractivity contribution in [2.45, 2.75) is 50.8 Å². The molecule has 5 rings (SSSR count). The van der Waals surface area contributed by atoms with Gasteiger partial charge in [0.1, 0.15) is 11.9 Å². The van der Waals surface area contributed by atoms with Gasteiger partial charge in [-0.15, -0.1) is 0 Å². The van der Waals surface area contributed by atoms with E-state index in [0.717, 1.165) is 23.2 Å². The average molecular weight is 568 g/mol. The first kappa shape index (κ1) is 28.3. The summed E-state index contributed by atoms with van der Waals surface area (Å²) in [5, 5.41) is 5.80. The highest BCUT2D eigenvalue weighted by Gasteiger charge is 2.43. The Morgan fingerprint density at radius 3 is 2.41 bits per heavy atom. The van der Waals surface area contributed by atoms with E-state index in [9.17, 15) is 14.4 Å². The van der Waals surface area contributed by atoms with E-state index in [2.05, 4.69) is 22.5 Å². The van der Waals surface area contributed by atoms with Crippen LogP contribution < -0.4 is 10.6 Å². The number of fused-ring (bicyclic) bond motifs is 3. The number of thioether (sulfide) groups is 1. The van der Waals surface area contributed by atoms with E-state index in [0.29, 0.717) is 36.1 Å². The van der Waals surface area contributed by atoms with E-state index in [1.165, 1.54) is 22.2 Å². The lowest BCUT2D eigenvalue weighted by Crippen LogP contribution is -2.43. The summed E-state index contributed by atoms with van der Waals surface area (Å²) in [5.74, 6) is -0.245. The summed E-state index contributed by atoms with van der Waals surface area (Å²) < 4.78 is 0. The SMILES string of the molecule is CCc1ccc(NC(=O)[C@@H](CC)SC2=Nc3ccccc3C3=N[C@H](CC(=O)NCCc4ccccc4)C(=O)N23)cc1. The van der Waals surface area contributed by atoms with Gasteiger partial charge in [0.25, 0.3) is 5.91 Å². The van der Waals surface area contributed by atoms with E-state index in [4.69, 9.17) is 4.99 Å². The van der Waals surface area contributed by atoms with Gasteiger partial charge < -0.3 is 10.6 Å². The Morgan fingerprint density at radius 2 is 1.68 bits per heavy atom. The molecule has 2 aliphatic heterocycles. The lowest BCUT2D eigenvalue weighted by atomic mass is 10.1. The first-order valence-electron chi connectivity index (χ1n) is 13.9. The molecule has 0 saturated heterocycles. The van der Waals surface area contributed by atoms with Crippen LogP contribution in [0.15, 0.2) is 88.8 Å². The highest BCUT2D eigenvalue weighted by molar-refractivity contribution is 8.15. The molecule has 2 heterocycles. The van der Waals surface area contributed by atoms with Gasteiger partial charge in [0.2, 0.25) is 11.8 Å². The van der Waals surface area contributed by atoms with Crippen LogP contribution in [-0.4, -0.2) is 51.5 Å². The van der Waals surface area contributed by atoms with Gasteiger partial charge in [-0.3, -0.25) is 19.4 Å². The van der Waals surface area contributed by atoms with Crippen molar-refractivity contribution in [3.05, 3.63) is 95.6 Å². The van der Waals surface area contributed by atoms with Crippen molar-refractivity contribution in [3.8, 4) is 0 Å². The Morgan fingerprint density at radius 1 is 0.951 bits per heavy atom. The van der Waals surface area contributed by atoms with Crippen LogP contribution in [-0.2, 0) is 27.2 Å². The lowest BCUT2D eigenvalue weighted by Gasteiger charge is -2.27. The molecule has 2 aliphatic rings. The molecule has 0 fully saturated rings. The maximum absolute atomic E-state index is 13.6. The van der Waals surface area contributed by atoms with Gasteiger partial charge in [-0.2, -0.15) is 0 Å². The fourth-order valence-electron chi connectivity index (χ4n) is 4.75. The summed E-state index contributed by atoms with van der Waals surface area (Å²) >= 11 is 1.24. The minimum absolute atomic E-state index is 0.0564. The summed E-state index contributed by atoms with van der Waals surface area (Å²) in [4.78, 5) is 50.5. The lowest BCUT2D eigenvalue weighted by molar-refractivity contribution is -0.128. The standard InChI is InChI=1S/C32H33N5O3S/c1-3-21-14-16-23(17-15-21)34-30(39)27(4-2)41-32-36-25-13-9-8-12-24(25)29-35-26(31(40)37(29)32)20-28(38)33-19-18-22-10-6-5-7-11-22/h5-17,26-27H,3-4,18-20H2,1-2H3,(H,33,38)(H,34,39)/t26-,27-/m1/s1. The maximum Gasteiger partial charge on any atom is 0.259 e. The van der Waals surface area contributed by atoms with Gasteiger partial charge in [-0.05, 0) is 54.7 Å². The molecular formula is C32H33N5O3S. The van der Waals surface area contributed by atoms with Crippen molar-refractivity contribution in [2.24, 2.45) is 9.98 Å². The zero-order valence-electron chi connectivity index (χ0n) is 23.2. The number of amidine groups is 2. The Kier molecular flexibility index (Phi) is 8.94. The molecule has 210 valence electrons. The van der Waals surface area contributed by atoms with Crippen molar-refractivity contribution in [1.82, 2.24) is 10.2 Å². The zero-order valence-corrected chi connectivity index (χ0v) is 24.0. The zero-order chi connectivity index (χ0) is 28.8. The second kappa shape index (κ2) is 13.0. The summed E-state index contributed by atoms with van der Waals surface area (Å²) in [7, 11) is 0. The smallest absolute Gasteiger partial charge is 0.259 e. The van der Waals surface area contributed by atoms with Gasteiger partial charge >= 0.3 is 0 Å². The summed E-state index contributed by atoms with van der Waals surface area (Å²) in [6, 6.07) is 24.3. The largest absolute Gasteiger partial charge is 0.356 e. The van der Waals surface area contributed by atoms with Crippen LogP contribution in [0.3, 0.4) is 0 Å². The Labute approximate surface area is 244 Å². The second-order valence-electron chi connectivity index (χ2n) is 9.90. The van der Waals surface area contributed by atoms with Gasteiger partial charge in [-0.1, -0.05) is 80.2 Å². The third-order valence-corrected chi connectivity index (χ3v) is 8.36. The molecule has 0 bridgehead atoms. The van der Waals surface area contributed by atoms with Gasteiger partial charge in [0, 0.05) is 17.8 Å². The van der Waals surface area contributed by atoms with Crippen LogP contribution in [0.1, 0.15) is 43.4 Å². The van der Waals surface area contributed by atoms with Crippen molar-refractivity contribution < 1.29 is 14.4 Å². The predicted octanol–water partition coefficient (Wildman–Crippen LogP) is 5.11. The van der Waals surface area contributed by atoms with Crippen molar-refractivity contribution >= 4 is 51.9 Å².